The molecule has 0 spiro atoms. The SMILES string of the molecule is Cc1c(Nc2nc3ccccc3s2)nnc2c1CCCN2c1nc(C(=O)O)c(CCCOc2ccc(C#CCNC(=O)OCc3ccc(NC(=O)[C@H](CCCNC(N)=O)NC(=O)C(NC(=O)CCOCCN4C(=O)C=CC4=O)C(C)C)cc3COCc3cn(CCOCCOCCOCCOCCOCCOCCOCCOCCC(=O)O)nn3)cc2F)s1. The van der Waals surface area contributed by atoms with Crippen molar-refractivity contribution in [1.82, 2.24) is 61.3 Å². The van der Waals surface area contributed by atoms with Crippen LogP contribution in [0.2, 0.25) is 0 Å². The van der Waals surface area contributed by atoms with E-state index in [-0.39, 0.29) is 121 Å². The molecule has 2 atom stereocenters. The van der Waals surface area contributed by atoms with E-state index >= 15 is 4.39 Å². The van der Waals surface area contributed by atoms with Gasteiger partial charge in [0, 0.05) is 58.9 Å². The number of para-hydroxylation sites is 1. The minimum absolute atomic E-state index is 0.00962. The molecule has 8 amide bonds. The number of ether oxygens (including phenoxy) is 12. The van der Waals surface area contributed by atoms with Crippen LogP contribution in [-0.4, -0.2) is 268 Å². The molecule has 1 unspecified atom stereocenters. The van der Waals surface area contributed by atoms with Crippen molar-refractivity contribution in [3.8, 4) is 17.6 Å². The van der Waals surface area contributed by atoms with E-state index in [1.807, 2.05) is 36.1 Å². The lowest BCUT2D eigenvalue weighted by molar-refractivity contribution is -0.139. The number of benzene rings is 3. The van der Waals surface area contributed by atoms with Crippen LogP contribution in [-0.2, 0) is 120 Å². The second-order valence-corrected chi connectivity index (χ2v) is 30.1. The summed E-state index contributed by atoms with van der Waals surface area (Å²) >= 11 is 2.76. The Hall–Kier alpha value is -11.3. The molecule has 4 aromatic heterocycles. The maximum Gasteiger partial charge on any atom is 0.408 e. The fourth-order valence-corrected chi connectivity index (χ4v) is 14.1. The minimum Gasteiger partial charge on any atom is -0.491 e. The van der Waals surface area contributed by atoms with Crippen LogP contribution in [0, 0.1) is 30.5 Å². The largest absolute Gasteiger partial charge is 0.491 e. The van der Waals surface area contributed by atoms with Gasteiger partial charge in [0.05, 0.1) is 181 Å². The van der Waals surface area contributed by atoms with Gasteiger partial charge < -0.3 is 110 Å². The van der Waals surface area contributed by atoms with Crippen molar-refractivity contribution in [1.29, 1.82) is 0 Å². The number of aliphatic carboxylic acids is 1. The smallest absolute Gasteiger partial charge is 0.408 e. The number of fused-ring (bicyclic) bond motifs is 2. The van der Waals surface area contributed by atoms with Crippen molar-refractivity contribution in [3.63, 3.8) is 0 Å². The number of urea groups is 1. The van der Waals surface area contributed by atoms with Gasteiger partial charge in [-0.25, -0.2) is 33.4 Å². The molecule has 9 rings (SSSR count). The molecule has 0 radical (unpaired) electrons. The molecule has 2 aliphatic rings. The number of carboxylic acid groups (broad SMARTS) is 2. The van der Waals surface area contributed by atoms with Crippen molar-refractivity contribution in [2.45, 2.75) is 111 Å². The van der Waals surface area contributed by atoms with Gasteiger partial charge >= 0.3 is 24.1 Å². The van der Waals surface area contributed by atoms with E-state index in [0.717, 1.165) is 51.2 Å². The van der Waals surface area contributed by atoms with Gasteiger partial charge in [-0.2, -0.15) is 0 Å². The summed E-state index contributed by atoms with van der Waals surface area (Å²) in [5.41, 5.74) is 9.91. The Morgan fingerprint density at radius 3 is 1.99 bits per heavy atom. The number of nitrogens with one attached hydrogen (secondary N) is 6. The fraction of sp³-hybridized carbons (Fsp3) is 0.500. The standard InChI is InChI=1S/C82H105FN16O23S2/c1-54(2)72(90-68(100)22-30-111-33-28-98-69(101)20-21-70(98)102)77(106)88-64(13-7-24-85-79(84)109)76(105)87-59-18-17-57(58(49-59)51-120-53-60-50-97(96-93-60)27-32-113-35-37-115-39-41-117-43-45-119-47-46-118-44-42-116-40-38-114-36-34-112-31-23-71(103)104)52-122-82(110)86-25-6-10-56-16-19-65(62(83)48-56)121-29-9-15-67-73(78(107)108)91-81(124-67)99-26-8-11-61-55(3)74(94-95-75(61)99)92-80-89-63-12-4-5-14-66(63)123-80/h4-5,12,14,16-21,48-50,54,64,72H,7-9,11,13,15,22-47,51-53H2,1-3H3,(H,86,110)(H,87,105)(H,88,106)(H,90,100)(H,103,104)(H,107,108)(H3,84,85,109)(H,89,92,94)/t64-,72?/m0/s1. The Balaban J connectivity index is 0.722. The Morgan fingerprint density at radius 1 is 0.669 bits per heavy atom. The summed E-state index contributed by atoms with van der Waals surface area (Å²) in [6, 6.07) is 13.6. The molecule has 42 heteroatoms. The fourth-order valence-electron chi connectivity index (χ4n) is 12.1. The van der Waals surface area contributed by atoms with Gasteiger partial charge in [-0.15, -0.1) is 26.6 Å². The number of hydrogen-bond donors (Lipinski definition) is 9. The van der Waals surface area contributed by atoms with Gasteiger partial charge in [-0.1, -0.05) is 60.4 Å². The number of anilines is 5. The van der Waals surface area contributed by atoms with Gasteiger partial charge in [0.15, 0.2) is 39.2 Å². The van der Waals surface area contributed by atoms with Gasteiger partial charge in [0.2, 0.25) is 17.7 Å². The quantitative estimate of drug-likeness (QED) is 0.0119. The topological polar surface area (TPSA) is 492 Å². The first kappa shape index (κ1) is 96.5. The van der Waals surface area contributed by atoms with Crippen LogP contribution >= 0.6 is 22.7 Å². The number of thiazole rings is 2. The number of aromatic nitrogens is 7. The molecule has 0 bridgehead atoms. The van der Waals surface area contributed by atoms with Crippen LogP contribution in [0.5, 0.6) is 5.75 Å². The number of hydrogen-bond acceptors (Lipinski definition) is 31. The number of rotatable bonds is 59. The first-order chi connectivity index (χ1) is 60.2. The molecule has 0 aliphatic carbocycles. The van der Waals surface area contributed by atoms with E-state index in [0.29, 0.717) is 162 Å². The number of carboxylic acids is 2. The van der Waals surface area contributed by atoms with Crippen molar-refractivity contribution in [2.75, 3.05) is 167 Å². The highest BCUT2D eigenvalue weighted by atomic mass is 32.1. The Morgan fingerprint density at radius 2 is 1.33 bits per heavy atom. The summed E-state index contributed by atoms with van der Waals surface area (Å²) < 4.78 is 85.1. The molecule has 39 nitrogen and oxygen atoms in total. The van der Waals surface area contributed by atoms with Gasteiger partial charge in [0.1, 0.15) is 24.4 Å². The maximum atomic E-state index is 15.5. The molecule has 7 aromatic rings. The third kappa shape index (κ3) is 33.4. The van der Waals surface area contributed by atoms with E-state index in [1.165, 1.54) is 34.8 Å². The van der Waals surface area contributed by atoms with Crippen LogP contribution < -0.4 is 47.3 Å². The Bertz CT molecular complexity index is 4700. The van der Waals surface area contributed by atoms with E-state index < -0.39 is 77.4 Å². The summed E-state index contributed by atoms with van der Waals surface area (Å²) in [7, 11) is 0. The lowest BCUT2D eigenvalue weighted by Crippen LogP contribution is -2.54. The number of amides is 8. The Kier molecular flexibility index (Phi) is 41.2. The summed E-state index contributed by atoms with van der Waals surface area (Å²) in [6.07, 6.45) is 5.28. The minimum atomic E-state index is -1.22. The highest BCUT2D eigenvalue weighted by Gasteiger charge is 2.32. The van der Waals surface area contributed by atoms with Crippen molar-refractivity contribution >= 4 is 114 Å². The van der Waals surface area contributed by atoms with Crippen LogP contribution in [0.25, 0.3) is 10.2 Å². The van der Waals surface area contributed by atoms with Crippen molar-refractivity contribution in [2.24, 2.45) is 11.7 Å². The van der Waals surface area contributed by atoms with Gasteiger partial charge in [-0.05, 0) is 105 Å². The molecular formula is C82H105FN16O23S2. The zero-order valence-electron chi connectivity index (χ0n) is 69.3. The molecule has 670 valence electrons. The highest BCUT2D eigenvalue weighted by Crippen LogP contribution is 2.39. The number of nitrogens with zero attached hydrogens (tertiary/aromatic N) is 9. The average molecular weight is 1770 g/mol. The van der Waals surface area contributed by atoms with Crippen LogP contribution in [0.15, 0.2) is 79.0 Å². The third-order valence-corrected chi connectivity index (χ3v) is 20.6. The third-order valence-electron chi connectivity index (χ3n) is 18.5. The van der Waals surface area contributed by atoms with Crippen LogP contribution in [0.3, 0.4) is 0 Å². The van der Waals surface area contributed by atoms with Crippen LogP contribution in [0.4, 0.5) is 41.6 Å². The summed E-state index contributed by atoms with van der Waals surface area (Å²) in [5.74, 6) is 0.687. The normalized spacial score (nSPS) is 12.9. The number of halogens is 1. The second kappa shape index (κ2) is 53.0. The monoisotopic (exact) mass is 1760 g/mol. The molecule has 10 N–H and O–H groups in total. The number of alkyl carbamates (subject to hydrolysis) is 1. The first-order valence-corrected chi connectivity index (χ1v) is 42.1. The number of carbonyl (C=O) groups is 9. The van der Waals surface area contributed by atoms with Gasteiger partial charge in [-0.3, -0.25) is 33.7 Å². The average Bonchev–Trinajstić information content (AvgIpc) is 1.52. The summed E-state index contributed by atoms with van der Waals surface area (Å²) in [5, 5.41) is 54.2. The molecule has 0 saturated heterocycles. The van der Waals surface area contributed by atoms with Gasteiger partial charge in [0.25, 0.3) is 11.8 Å². The van der Waals surface area contributed by atoms with E-state index in [2.05, 4.69) is 74.2 Å². The van der Waals surface area contributed by atoms with Crippen LogP contribution in [0.1, 0.15) is 101 Å². The summed E-state index contributed by atoms with van der Waals surface area (Å²) in [4.78, 5) is 126. The number of imide groups is 1. The number of carbonyl (C=O) groups excluding carboxylic acids is 7. The Labute approximate surface area is 722 Å². The van der Waals surface area contributed by atoms with E-state index in [9.17, 15) is 48.3 Å². The maximum absolute atomic E-state index is 15.5. The highest BCUT2D eigenvalue weighted by molar-refractivity contribution is 7.22. The lowest BCUT2D eigenvalue weighted by Gasteiger charge is -2.28. The molecule has 0 fully saturated rings. The zero-order valence-corrected chi connectivity index (χ0v) is 70.9. The molecular weight excluding hydrogens is 1660 g/mol. The number of aromatic carboxylic acids is 1. The molecule has 6 heterocycles. The molecule has 0 saturated carbocycles. The predicted octanol–water partition coefficient (Wildman–Crippen LogP) is 6.07. The zero-order chi connectivity index (χ0) is 88.2. The number of aryl methyl sites for hydroxylation is 1. The molecule has 3 aromatic carbocycles. The van der Waals surface area contributed by atoms with E-state index in [4.69, 9.17) is 67.7 Å². The molecule has 124 heavy (non-hydrogen) atoms. The van der Waals surface area contributed by atoms with E-state index in [1.54, 1.807) is 49.0 Å². The predicted molar refractivity (Wildman–Crippen MR) is 449 cm³/mol. The summed E-state index contributed by atoms with van der Waals surface area (Å²) in [6.45, 7) is 11.4. The first-order valence-electron chi connectivity index (χ1n) is 40.4. The lowest BCUT2D eigenvalue weighted by atomic mass is 10.0. The van der Waals surface area contributed by atoms with Crippen molar-refractivity contribution < 1.29 is 115 Å². The number of primary amides is 1. The van der Waals surface area contributed by atoms with Crippen molar-refractivity contribution in [3.05, 3.63) is 129 Å². The number of nitrogens with two attached hydrogens (primary N) is 1. The second-order valence-electron chi connectivity index (χ2n) is 28.0. The molecule has 2 aliphatic heterocycles.